The van der Waals surface area contributed by atoms with E-state index in [9.17, 15) is 4.79 Å². The SMILES string of the molecule is C/C(=N\NC(=O)CNc1cccc2ccccc12)c1ccc(C(C)(C)C)cc1. The molecule has 0 aromatic heterocycles. The maximum Gasteiger partial charge on any atom is 0.259 e. The Morgan fingerprint density at radius 1 is 0.929 bits per heavy atom. The van der Waals surface area contributed by atoms with Gasteiger partial charge in [0.2, 0.25) is 0 Å². The molecule has 0 unspecified atom stereocenters. The Hall–Kier alpha value is -3.14. The molecule has 144 valence electrons. The van der Waals surface area contributed by atoms with Crippen molar-refractivity contribution < 1.29 is 4.79 Å². The van der Waals surface area contributed by atoms with E-state index >= 15 is 0 Å². The number of anilines is 1. The van der Waals surface area contributed by atoms with Gasteiger partial charge < -0.3 is 5.32 Å². The Bertz CT molecular complexity index is 993. The van der Waals surface area contributed by atoms with Crippen molar-refractivity contribution in [2.24, 2.45) is 5.10 Å². The Kier molecular flexibility index (Phi) is 5.78. The van der Waals surface area contributed by atoms with Crippen LogP contribution in [-0.2, 0) is 10.2 Å². The summed E-state index contributed by atoms with van der Waals surface area (Å²) < 4.78 is 0. The summed E-state index contributed by atoms with van der Waals surface area (Å²) in [5, 5.41) is 9.66. The van der Waals surface area contributed by atoms with Gasteiger partial charge in [0.15, 0.2) is 0 Å². The van der Waals surface area contributed by atoms with E-state index < -0.39 is 0 Å². The molecule has 0 heterocycles. The number of hydrazone groups is 1. The van der Waals surface area contributed by atoms with Crippen LogP contribution in [0.15, 0.2) is 71.8 Å². The van der Waals surface area contributed by atoms with Gasteiger partial charge in [-0.25, -0.2) is 5.43 Å². The van der Waals surface area contributed by atoms with Crippen LogP contribution >= 0.6 is 0 Å². The van der Waals surface area contributed by atoms with E-state index in [-0.39, 0.29) is 17.9 Å². The van der Waals surface area contributed by atoms with Crippen LogP contribution < -0.4 is 10.7 Å². The fourth-order valence-electron chi connectivity index (χ4n) is 3.02. The second-order valence-corrected chi connectivity index (χ2v) is 7.94. The number of nitrogens with one attached hydrogen (secondary N) is 2. The zero-order valence-corrected chi connectivity index (χ0v) is 16.9. The average Bonchev–Trinajstić information content (AvgIpc) is 2.69. The van der Waals surface area contributed by atoms with Gasteiger partial charge in [-0.3, -0.25) is 4.79 Å². The maximum absolute atomic E-state index is 12.2. The van der Waals surface area contributed by atoms with Gasteiger partial charge >= 0.3 is 0 Å². The minimum absolute atomic E-state index is 0.116. The Morgan fingerprint density at radius 3 is 2.32 bits per heavy atom. The molecule has 0 aliphatic carbocycles. The highest BCUT2D eigenvalue weighted by Gasteiger charge is 2.13. The molecule has 3 rings (SSSR count). The Morgan fingerprint density at radius 2 is 1.61 bits per heavy atom. The number of nitrogens with zero attached hydrogens (tertiary/aromatic N) is 1. The van der Waals surface area contributed by atoms with E-state index in [2.05, 4.69) is 60.9 Å². The molecule has 1 amide bonds. The zero-order chi connectivity index (χ0) is 20.1. The molecule has 0 saturated carbocycles. The first-order chi connectivity index (χ1) is 13.3. The molecule has 4 heteroatoms. The number of fused-ring (bicyclic) bond motifs is 1. The number of benzene rings is 3. The van der Waals surface area contributed by atoms with E-state index in [1.54, 1.807) is 0 Å². The van der Waals surface area contributed by atoms with Gasteiger partial charge in [-0.15, -0.1) is 0 Å². The summed E-state index contributed by atoms with van der Waals surface area (Å²) in [5.74, 6) is -0.182. The third kappa shape index (κ3) is 4.77. The van der Waals surface area contributed by atoms with E-state index in [0.29, 0.717) is 0 Å². The molecule has 28 heavy (non-hydrogen) atoms. The largest absolute Gasteiger partial charge is 0.376 e. The molecule has 0 atom stereocenters. The van der Waals surface area contributed by atoms with Crippen molar-refractivity contribution in [3.05, 3.63) is 77.9 Å². The first-order valence-corrected chi connectivity index (χ1v) is 9.50. The number of amides is 1. The highest BCUT2D eigenvalue weighted by atomic mass is 16.2. The summed E-state index contributed by atoms with van der Waals surface area (Å²) in [6.07, 6.45) is 0. The lowest BCUT2D eigenvalue weighted by molar-refractivity contribution is -0.119. The minimum Gasteiger partial charge on any atom is -0.376 e. The number of carbonyl (C=O) groups is 1. The number of hydrogen-bond donors (Lipinski definition) is 2. The van der Waals surface area contributed by atoms with E-state index in [4.69, 9.17) is 0 Å². The monoisotopic (exact) mass is 373 g/mol. The summed E-state index contributed by atoms with van der Waals surface area (Å²) in [4.78, 5) is 12.2. The van der Waals surface area contributed by atoms with Crippen molar-refractivity contribution >= 4 is 28.1 Å². The van der Waals surface area contributed by atoms with Gasteiger partial charge in [-0.1, -0.05) is 81.4 Å². The number of hydrogen-bond acceptors (Lipinski definition) is 3. The van der Waals surface area contributed by atoms with Crippen LogP contribution in [0.2, 0.25) is 0 Å². The summed E-state index contributed by atoms with van der Waals surface area (Å²) in [5.41, 5.74) is 6.73. The molecule has 0 aliphatic rings. The smallest absolute Gasteiger partial charge is 0.259 e. The first-order valence-electron chi connectivity index (χ1n) is 9.50. The molecule has 0 saturated heterocycles. The van der Waals surface area contributed by atoms with Crippen LogP contribution in [0.25, 0.3) is 10.8 Å². The second kappa shape index (κ2) is 8.26. The fraction of sp³-hybridized carbons (Fsp3) is 0.250. The number of carbonyl (C=O) groups excluding carboxylic acids is 1. The molecule has 0 fully saturated rings. The molecule has 0 bridgehead atoms. The van der Waals surface area contributed by atoms with Crippen molar-refractivity contribution in [2.75, 3.05) is 11.9 Å². The number of rotatable bonds is 5. The predicted octanol–water partition coefficient (Wildman–Crippen LogP) is 5.09. The summed E-state index contributed by atoms with van der Waals surface area (Å²) in [6.45, 7) is 8.61. The highest BCUT2D eigenvalue weighted by Crippen LogP contribution is 2.23. The third-order valence-electron chi connectivity index (χ3n) is 4.75. The van der Waals surface area contributed by atoms with Crippen molar-refractivity contribution in [1.82, 2.24) is 5.43 Å². The molecular formula is C24H27N3O. The Balaban J connectivity index is 1.60. The normalized spacial score (nSPS) is 12.1. The Labute approximate surface area is 166 Å². The molecule has 2 N–H and O–H groups in total. The standard InChI is InChI=1S/C24H27N3O/c1-17(18-12-14-20(15-13-18)24(2,3)4)26-27-23(28)16-25-22-11-7-9-19-8-5-6-10-21(19)22/h5-15,25H,16H2,1-4H3,(H,27,28)/b26-17+. The van der Waals surface area contributed by atoms with Gasteiger partial charge in [-0.2, -0.15) is 5.10 Å². The summed E-state index contributed by atoms with van der Waals surface area (Å²) in [7, 11) is 0. The fourth-order valence-corrected chi connectivity index (χ4v) is 3.02. The summed E-state index contributed by atoms with van der Waals surface area (Å²) >= 11 is 0. The van der Waals surface area contributed by atoms with Crippen LogP contribution in [-0.4, -0.2) is 18.2 Å². The van der Waals surface area contributed by atoms with Crippen LogP contribution in [0.5, 0.6) is 0 Å². The van der Waals surface area contributed by atoms with Gasteiger partial charge in [0, 0.05) is 11.1 Å². The minimum atomic E-state index is -0.182. The van der Waals surface area contributed by atoms with Crippen LogP contribution in [0.3, 0.4) is 0 Å². The molecular weight excluding hydrogens is 346 g/mol. The average molecular weight is 374 g/mol. The van der Waals surface area contributed by atoms with E-state index in [1.807, 2.05) is 49.4 Å². The molecule has 0 radical (unpaired) electrons. The van der Waals surface area contributed by atoms with Crippen LogP contribution in [0, 0.1) is 0 Å². The van der Waals surface area contributed by atoms with Gasteiger partial charge in [0.05, 0.1) is 12.3 Å². The van der Waals surface area contributed by atoms with Crippen LogP contribution in [0.4, 0.5) is 5.69 Å². The van der Waals surface area contributed by atoms with Crippen molar-refractivity contribution in [2.45, 2.75) is 33.1 Å². The molecule has 3 aromatic rings. The topological polar surface area (TPSA) is 53.5 Å². The highest BCUT2D eigenvalue weighted by molar-refractivity contribution is 5.99. The van der Waals surface area contributed by atoms with E-state index in [1.165, 1.54) is 5.56 Å². The van der Waals surface area contributed by atoms with Crippen molar-refractivity contribution in [3.63, 3.8) is 0 Å². The quantitative estimate of drug-likeness (QED) is 0.483. The van der Waals surface area contributed by atoms with Crippen molar-refractivity contribution in [3.8, 4) is 0 Å². The maximum atomic E-state index is 12.2. The van der Waals surface area contributed by atoms with Gasteiger partial charge in [0.1, 0.15) is 0 Å². The lowest BCUT2D eigenvalue weighted by atomic mass is 9.86. The van der Waals surface area contributed by atoms with Crippen molar-refractivity contribution in [1.29, 1.82) is 0 Å². The zero-order valence-electron chi connectivity index (χ0n) is 16.9. The van der Waals surface area contributed by atoms with Gasteiger partial charge in [0.25, 0.3) is 5.91 Å². The predicted molar refractivity (Wildman–Crippen MR) is 118 cm³/mol. The third-order valence-corrected chi connectivity index (χ3v) is 4.75. The first kappa shape index (κ1) is 19.6. The molecule has 0 spiro atoms. The molecule has 3 aromatic carbocycles. The lowest BCUT2D eigenvalue weighted by Gasteiger charge is -2.19. The summed E-state index contributed by atoms with van der Waals surface area (Å²) in [6, 6.07) is 22.4. The molecule has 4 nitrogen and oxygen atoms in total. The van der Waals surface area contributed by atoms with Gasteiger partial charge in [-0.05, 0) is 34.9 Å². The van der Waals surface area contributed by atoms with Crippen LogP contribution in [0.1, 0.15) is 38.8 Å². The lowest BCUT2D eigenvalue weighted by Crippen LogP contribution is -2.26. The molecule has 0 aliphatic heterocycles. The van der Waals surface area contributed by atoms with E-state index in [0.717, 1.165) is 27.7 Å². The second-order valence-electron chi connectivity index (χ2n) is 7.94.